The van der Waals surface area contributed by atoms with Crippen molar-refractivity contribution in [3.63, 3.8) is 0 Å². The lowest BCUT2D eigenvalue weighted by Crippen LogP contribution is -2.33. The lowest BCUT2D eigenvalue weighted by molar-refractivity contribution is -0.0773. The Balaban J connectivity index is 2.53. The van der Waals surface area contributed by atoms with Gasteiger partial charge in [0.05, 0.1) is 6.54 Å². The van der Waals surface area contributed by atoms with Crippen molar-refractivity contribution in [3.8, 4) is 0 Å². The van der Waals surface area contributed by atoms with Crippen LogP contribution in [-0.2, 0) is 4.74 Å². The highest BCUT2D eigenvalue weighted by atomic mass is 19.3. The Kier molecular flexibility index (Phi) is 1.50. The minimum atomic E-state index is -2.95. The summed E-state index contributed by atoms with van der Waals surface area (Å²) in [5.41, 5.74) is 0. The van der Waals surface area contributed by atoms with E-state index in [1.165, 1.54) is 0 Å². The predicted octanol–water partition coefficient (Wildman–Crippen LogP) is 0.750. The van der Waals surface area contributed by atoms with Crippen LogP contribution in [0.1, 0.15) is 6.92 Å². The quantitative estimate of drug-likeness (QED) is 0.600. The maximum atomic E-state index is 12.3. The summed E-state index contributed by atoms with van der Waals surface area (Å²) in [6.07, 6.45) is -2.08. The molecule has 0 aromatic heterocycles. The van der Waals surface area contributed by atoms with E-state index in [2.05, 4.69) is 10.1 Å². The van der Waals surface area contributed by atoms with Gasteiger partial charge in [-0.3, -0.25) is 0 Å². The summed E-state index contributed by atoms with van der Waals surface area (Å²) in [4.78, 5) is 10.2. The second-order valence-corrected chi connectivity index (χ2v) is 2.23. The fourth-order valence-electron chi connectivity index (χ4n) is 0.671. The minimum Gasteiger partial charge on any atom is -0.438 e. The Labute approximate surface area is 56.3 Å². The first-order valence-corrected chi connectivity index (χ1v) is 2.82. The lowest BCUT2D eigenvalue weighted by Gasteiger charge is -2.14. The standard InChI is InChI=1S/C5H7F2NO2/c1-5(6,7)3-2-8-4(9)10-3/h3H,2H2,1H3,(H,8,9). The average Bonchev–Trinajstić information content (AvgIpc) is 2.11. The van der Waals surface area contributed by atoms with Gasteiger partial charge in [0, 0.05) is 6.92 Å². The molecule has 10 heavy (non-hydrogen) atoms. The van der Waals surface area contributed by atoms with E-state index in [9.17, 15) is 13.6 Å². The Hall–Kier alpha value is -0.870. The third-order valence-electron chi connectivity index (χ3n) is 1.25. The molecule has 0 aromatic carbocycles. The van der Waals surface area contributed by atoms with E-state index < -0.39 is 18.1 Å². The highest BCUT2D eigenvalue weighted by Crippen LogP contribution is 2.22. The number of cyclic esters (lactones) is 1. The molecule has 0 radical (unpaired) electrons. The Morgan fingerprint density at radius 3 is 2.60 bits per heavy atom. The summed E-state index contributed by atoms with van der Waals surface area (Å²) < 4.78 is 28.8. The SMILES string of the molecule is CC(F)(F)C1CNC(=O)O1. The Morgan fingerprint density at radius 2 is 2.40 bits per heavy atom. The van der Waals surface area contributed by atoms with E-state index in [1.54, 1.807) is 0 Å². The second-order valence-electron chi connectivity index (χ2n) is 2.23. The number of hydrogen-bond donors (Lipinski definition) is 1. The number of rotatable bonds is 1. The van der Waals surface area contributed by atoms with Crippen LogP contribution >= 0.6 is 0 Å². The number of alkyl halides is 2. The number of hydrogen-bond acceptors (Lipinski definition) is 2. The summed E-state index contributed by atoms with van der Waals surface area (Å²) in [5, 5.41) is 2.13. The molecule has 0 spiro atoms. The van der Waals surface area contributed by atoms with E-state index in [0.29, 0.717) is 0 Å². The fourth-order valence-corrected chi connectivity index (χ4v) is 0.671. The van der Waals surface area contributed by atoms with Crippen LogP contribution in [0.25, 0.3) is 0 Å². The third-order valence-corrected chi connectivity index (χ3v) is 1.25. The summed E-state index contributed by atoms with van der Waals surface area (Å²) in [6, 6.07) is 0. The smallest absolute Gasteiger partial charge is 0.407 e. The number of carbonyl (C=O) groups excluding carboxylic acids is 1. The number of ether oxygens (including phenoxy) is 1. The average molecular weight is 151 g/mol. The predicted molar refractivity (Wildman–Crippen MR) is 28.9 cm³/mol. The molecule has 0 aromatic rings. The van der Waals surface area contributed by atoms with Gasteiger partial charge >= 0.3 is 6.09 Å². The molecule has 5 heteroatoms. The van der Waals surface area contributed by atoms with Crippen LogP contribution in [0.15, 0.2) is 0 Å². The maximum Gasteiger partial charge on any atom is 0.407 e. The molecule has 1 atom stereocenters. The number of halogens is 2. The first-order valence-electron chi connectivity index (χ1n) is 2.82. The topological polar surface area (TPSA) is 38.3 Å². The molecule has 0 bridgehead atoms. The maximum absolute atomic E-state index is 12.3. The number of amides is 1. The van der Waals surface area contributed by atoms with E-state index in [4.69, 9.17) is 0 Å². The van der Waals surface area contributed by atoms with Gasteiger partial charge in [0.15, 0.2) is 6.10 Å². The van der Waals surface area contributed by atoms with Crippen LogP contribution in [0.5, 0.6) is 0 Å². The van der Waals surface area contributed by atoms with Crippen molar-refractivity contribution >= 4 is 6.09 Å². The molecule has 3 nitrogen and oxygen atoms in total. The molecular weight excluding hydrogens is 144 g/mol. The molecule has 1 rings (SSSR count). The normalized spacial score (nSPS) is 25.9. The van der Waals surface area contributed by atoms with Gasteiger partial charge in [0.1, 0.15) is 0 Å². The Morgan fingerprint density at radius 1 is 1.80 bits per heavy atom. The van der Waals surface area contributed by atoms with Crippen molar-refractivity contribution in [3.05, 3.63) is 0 Å². The number of alkyl carbamates (subject to hydrolysis) is 1. The van der Waals surface area contributed by atoms with Gasteiger partial charge in [-0.1, -0.05) is 0 Å². The zero-order chi connectivity index (χ0) is 7.78. The molecule has 0 saturated carbocycles. The number of carbonyl (C=O) groups is 1. The van der Waals surface area contributed by atoms with Crippen molar-refractivity contribution in [2.75, 3.05) is 6.54 Å². The van der Waals surface area contributed by atoms with Crippen molar-refractivity contribution in [2.45, 2.75) is 19.0 Å². The van der Waals surface area contributed by atoms with Gasteiger partial charge in [-0.25, -0.2) is 13.6 Å². The zero-order valence-corrected chi connectivity index (χ0v) is 5.36. The van der Waals surface area contributed by atoms with Gasteiger partial charge in [0.2, 0.25) is 0 Å². The lowest BCUT2D eigenvalue weighted by atomic mass is 10.2. The van der Waals surface area contributed by atoms with Crippen LogP contribution in [0.3, 0.4) is 0 Å². The third kappa shape index (κ3) is 1.34. The highest BCUT2D eigenvalue weighted by molar-refractivity contribution is 5.69. The molecule has 1 heterocycles. The van der Waals surface area contributed by atoms with Crippen LogP contribution < -0.4 is 5.32 Å². The minimum absolute atomic E-state index is 0.109. The largest absolute Gasteiger partial charge is 0.438 e. The molecule has 1 amide bonds. The van der Waals surface area contributed by atoms with E-state index in [-0.39, 0.29) is 6.54 Å². The summed E-state index contributed by atoms with van der Waals surface area (Å²) in [6.45, 7) is 0.611. The summed E-state index contributed by atoms with van der Waals surface area (Å²) >= 11 is 0. The van der Waals surface area contributed by atoms with Crippen LogP contribution in [0.4, 0.5) is 13.6 Å². The highest BCUT2D eigenvalue weighted by Gasteiger charge is 2.41. The molecule has 1 aliphatic rings. The molecule has 0 aliphatic carbocycles. The van der Waals surface area contributed by atoms with E-state index >= 15 is 0 Å². The van der Waals surface area contributed by atoms with Gasteiger partial charge in [-0.2, -0.15) is 0 Å². The van der Waals surface area contributed by atoms with Crippen molar-refractivity contribution < 1.29 is 18.3 Å². The monoisotopic (exact) mass is 151 g/mol. The zero-order valence-electron chi connectivity index (χ0n) is 5.36. The van der Waals surface area contributed by atoms with Gasteiger partial charge in [-0.05, 0) is 0 Å². The molecule has 1 saturated heterocycles. The van der Waals surface area contributed by atoms with Crippen molar-refractivity contribution in [1.82, 2.24) is 5.32 Å². The molecule has 1 unspecified atom stereocenters. The molecule has 1 aliphatic heterocycles. The number of nitrogens with one attached hydrogen (secondary N) is 1. The molecule has 1 fully saturated rings. The van der Waals surface area contributed by atoms with Gasteiger partial charge in [0.25, 0.3) is 5.92 Å². The van der Waals surface area contributed by atoms with E-state index in [1.807, 2.05) is 0 Å². The second kappa shape index (κ2) is 2.07. The van der Waals surface area contributed by atoms with Crippen LogP contribution in [0.2, 0.25) is 0 Å². The summed E-state index contributed by atoms with van der Waals surface area (Å²) in [5.74, 6) is -2.95. The molecular formula is C5H7F2NO2. The Bertz CT molecular complexity index is 154. The first-order chi connectivity index (χ1) is 4.50. The van der Waals surface area contributed by atoms with Crippen LogP contribution in [-0.4, -0.2) is 24.7 Å². The van der Waals surface area contributed by atoms with Crippen LogP contribution in [0, 0.1) is 0 Å². The van der Waals surface area contributed by atoms with Crippen molar-refractivity contribution in [1.29, 1.82) is 0 Å². The van der Waals surface area contributed by atoms with Crippen molar-refractivity contribution in [2.24, 2.45) is 0 Å². The van der Waals surface area contributed by atoms with E-state index in [0.717, 1.165) is 6.92 Å². The molecule has 1 N–H and O–H groups in total. The molecule has 58 valence electrons. The van der Waals surface area contributed by atoms with Gasteiger partial charge < -0.3 is 10.1 Å². The first kappa shape index (κ1) is 7.24. The fraction of sp³-hybridized carbons (Fsp3) is 0.800. The van der Waals surface area contributed by atoms with Gasteiger partial charge in [-0.15, -0.1) is 0 Å². The summed E-state index contributed by atoms with van der Waals surface area (Å²) in [7, 11) is 0.